The van der Waals surface area contributed by atoms with E-state index in [1.807, 2.05) is 12.1 Å². The number of fused-ring (bicyclic) bond motifs is 1. The highest BCUT2D eigenvalue weighted by molar-refractivity contribution is 7.94. The number of sulfonamides is 1. The van der Waals surface area contributed by atoms with Crippen LogP contribution >= 0.6 is 11.3 Å². The van der Waals surface area contributed by atoms with Crippen LogP contribution in [0.5, 0.6) is 0 Å². The predicted molar refractivity (Wildman–Crippen MR) is 95.7 cm³/mol. The molecule has 0 radical (unpaired) electrons. The Balaban J connectivity index is 1.81. The van der Waals surface area contributed by atoms with E-state index in [2.05, 4.69) is 11.6 Å². The number of hydrogen-bond donors (Lipinski definition) is 1. The molecule has 1 aliphatic rings. The second kappa shape index (κ2) is 6.57. The third-order valence-electron chi connectivity index (χ3n) is 4.17. The van der Waals surface area contributed by atoms with E-state index >= 15 is 0 Å². The SMILES string of the molecule is CCc1ccc(NS(=O)(=O)c2cc3c(s2)CCN(C(C)=O)C3)cc1. The maximum Gasteiger partial charge on any atom is 0.271 e. The fraction of sp³-hybridized carbons (Fsp3) is 0.353. The molecule has 2 aromatic rings. The number of thiophene rings is 1. The van der Waals surface area contributed by atoms with Gasteiger partial charge in [-0.05, 0) is 42.2 Å². The van der Waals surface area contributed by atoms with E-state index < -0.39 is 10.0 Å². The summed E-state index contributed by atoms with van der Waals surface area (Å²) in [5, 5.41) is 0. The van der Waals surface area contributed by atoms with Gasteiger partial charge in [0, 0.05) is 30.6 Å². The van der Waals surface area contributed by atoms with Gasteiger partial charge >= 0.3 is 0 Å². The summed E-state index contributed by atoms with van der Waals surface area (Å²) in [6.45, 7) is 4.73. The number of hydrogen-bond acceptors (Lipinski definition) is 4. The van der Waals surface area contributed by atoms with E-state index in [9.17, 15) is 13.2 Å². The van der Waals surface area contributed by atoms with Gasteiger partial charge in [-0.25, -0.2) is 8.42 Å². The first kappa shape index (κ1) is 17.0. The molecule has 1 aromatic heterocycles. The molecule has 0 atom stereocenters. The Bertz CT molecular complexity index is 854. The molecule has 1 aromatic carbocycles. The third-order valence-corrected chi connectivity index (χ3v) is 7.26. The lowest BCUT2D eigenvalue weighted by Crippen LogP contribution is -2.33. The van der Waals surface area contributed by atoms with Gasteiger partial charge in [0.15, 0.2) is 0 Å². The Labute approximate surface area is 146 Å². The highest BCUT2D eigenvalue weighted by Gasteiger charge is 2.25. The number of nitrogens with zero attached hydrogens (tertiary/aromatic N) is 1. The van der Waals surface area contributed by atoms with Crippen molar-refractivity contribution in [1.82, 2.24) is 4.90 Å². The zero-order chi connectivity index (χ0) is 17.3. The molecule has 0 saturated carbocycles. The van der Waals surface area contributed by atoms with Crippen LogP contribution in [-0.4, -0.2) is 25.8 Å². The first-order valence-corrected chi connectivity index (χ1v) is 10.2. The Hall–Kier alpha value is -1.86. The molecule has 24 heavy (non-hydrogen) atoms. The zero-order valence-electron chi connectivity index (χ0n) is 13.7. The van der Waals surface area contributed by atoms with Crippen LogP contribution in [-0.2, 0) is 34.2 Å². The predicted octanol–water partition coefficient (Wildman–Crippen LogP) is 3.02. The fourth-order valence-electron chi connectivity index (χ4n) is 2.72. The summed E-state index contributed by atoms with van der Waals surface area (Å²) >= 11 is 1.29. The minimum atomic E-state index is -3.60. The van der Waals surface area contributed by atoms with Crippen molar-refractivity contribution in [3.8, 4) is 0 Å². The van der Waals surface area contributed by atoms with Gasteiger partial charge in [0.05, 0.1) is 0 Å². The molecule has 0 bridgehead atoms. The Morgan fingerprint density at radius 1 is 1.29 bits per heavy atom. The third kappa shape index (κ3) is 3.47. The molecular formula is C17H20N2O3S2. The molecule has 0 spiro atoms. The summed E-state index contributed by atoms with van der Waals surface area (Å²) in [5.41, 5.74) is 2.65. The second-order valence-corrected chi connectivity index (χ2v) is 8.91. The van der Waals surface area contributed by atoms with Gasteiger partial charge in [-0.1, -0.05) is 19.1 Å². The molecule has 128 valence electrons. The topological polar surface area (TPSA) is 66.5 Å². The van der Waals surface area contributed by atoms with Crippen LogP contribution in [0.2, 0.25) is 0 Å². The maximum atomic E-state index is 12.6. The number of nitrogens with one attached hydrogen (secondary N) is 1. The summed E-state index contributed by atoms with van der Waals surface area (Å²) in [5.74, 6) is 0.0189. The first-order chi connectivity index (χ1) is 11.4. The molecule has 1 aliphatic heterocycles. The average molecular weight is 364 g/mol. The van der Waals surface area contributed by atoms with E-state index in [4.69, 9.17) is 0 Å². The largest absolute Gasteiger partial charge is 0.338 e. The number of amides is 1. The van der Waals surface area contributed by atoms with Crippen LogP contribution in [0, 0.1) is 0 Å². The lowest BCUT2D eigenvalue weighted by Gasteiger charge is -2.25. The Morgan fingerprint density at radius 2 is 2.00 bits per heavy atom. The minimum absolute atomic E-state index is 0.0189. The molecule has 1 N–H and O–H groups in total. The first-order valence-electron chi connectivity index (χ1n) is 7.88. The lowest BCUT2D eigenvalue weighted by atomic mass is 10.1. The molecular weight excluding hydrogens is 344 g/mol. The molecule has 0 saturated heterocycles. The number of carbonyl (C=O) groups excluding carboxylic acids is 1. The van der Waals surface area contributed by atoms with Crippen LogP contribution in [0.3, 0.4) is 0 Å². The van der Waals surface area contributed by atoms with Crippen molar-refractivity contribution in [2.45, 2.75) is 37.4 Å². The van der Waals surface area contributed by atoms with Crippen LogP contribution in [0.15, 0.2) is 34.5 Å². The van der Waals surface area contributed by atoms with Gasteiger partial charge < -0.3 is 4.90 Å². The number of anilines is 1. The minimum Gasteiger partial charge on any atom is -0.338 e. The summed E-state index contributed by atoms with van der Waals surface area (Å²) in [7, 11) is -3.60. The van der Waals surface area contributed by atoms with Crippen molar-refractivity contribution < 1.29 is 13.2 Å². The Morgan fingerprint density at radius 3 is 2.62 bits per heavy atom. The van der Waals surface area contributed by atoms with E-state index in [1.165, 1.54) is 18.3 Å². The van der Waals surface area contributed by atoms with Crippen LogP contribution in [0.25, 0.3) is 0 Å². The molecule has 5 nitrogen and oxygen atoms in total. The molecule has 1 amide bonds. The second-order valence-electron chi connectivity index (χ2n) is 5.86. The quantitative estimate of drug-likeness (QED) is 0.907. The van der Waals surface area contributed by atoms with Gasteiger partial charge in [-0.2, -0.15) is 0 Å². The number of rotatable bonds is 4. The van der Waals surface area contributed by atoms with Crippen LogP contribution in [0.4, 0.5) is 5.69 Å². The summed E-state index contributed by atoms with van der Waals surface area (Å²) in [4.78, 5) is 14.3. The van der Waals surface area contributed by atoms with Gasteiger partial charge in [-0.3, -0.25) is 9.52 Å². The number of carbonyl (C=O) groups is 1. The van der Waals surface area contributed by atoms with Gasteiger partial charge in [0.1, 0.15) is 4.21 Å². The van der Waals surface area contributed by atoms with Crippen molar-refractivity contribution in [2.75, 3.05) is 11.3 Å². The Kier molecular flexibility index (Phi) is 4.64. The van der Waals surface area contributed by atoms with Gasteiger partial charge in [0.25, 0.3) is 10.0 Å². The van der Waals surface area contributed by atoms with Gasteiger partial charge in [0.2, 0.25) is 5.91 Å². The van der Waals surface area contributed by atoms with Crippen LogP contribution < -0.4 is 4.72 Å². The normalized spacial score (nSPS) is 14.3. The van der Waals surface area contributed by atoms with Crippen LogP contribution in [0.1, 0.15) is 29.9 Å². The lowest BCUT2D eigenvalue weighted by molar-refractivity contribution is -0.129. The molecule has 2 heterocycles. The summed E-state index contributed by atoms with van der Waals surface area (Å²) in [6.07, 6.45) is 1.62. The van der Waals surface area contributed by atoms with Crippen molar-refractivity contribution in [3.05, 3.63) is 46.3 Å². The highest BCUT2D eigenvalue weighted by atomic mass is 32.2. The molecule has 0 unspecified atom stereocenters. The number of benzene rings is 1. The van der Waals surface area contributed by atoms with E-state index in [1.54, 1.807) is 23.1 Å². The van der Waals surface area contributed by atoms with Gasteiger partial charge in [-0.15, -0.1) is 11.3 Å². The zero-order valence-corrected chi connectivity index (χ0v) is 15.3. The average Bonchev–Trinajstić information content (AvgIpc) is 2.99. The van der Waals surface area contributed by atoms with Crippen molar-refractivity contribution in [1.29, 1.82) is 0 Å². The van der Waals surface area contributed by atoms with Crippen molar-refractivity contribution in [3.63, 3.8) is 0 Å². The summed E-state index contributed by atoms with van der Waals surface area (Å²) < 4.78 is 28.2. The monoisotopic (exact) mass is 364 g/mol. The summed E-state index contributed by atoms with van der Waals surface area (Å²) in [6, 6.07) is 9.09. The maximum absolute atomic E-state index is 12.6. The van der Waals surface area contributed by atoms with Crippen molar-refractivity contribution >= 4 is 33.0 Å². The van der Waals surface area contributed by atoms with E-state index in [0.717, 1.165) is 22.4 Å². The number of aryl methyl sites for hydroxylation is 1. The molecule has 0 fully saturated rings. The fourth-order valence-corrected chi connectivity index (χ4v) is 5.32. The van der Waals surface area contributed by atoms with E-state index in [-0.39, 0.29) is 5.91 Å². The van der Waals surface area contributed by atoms with E-state index in [0.29, 0.717) is 29.4 Å². The van der Waals surface area contributed by atoms with Crippen molar-refractivity contribution in [2.24, 2.45) is 0 Å². The smallest absolute Gasteiger partial charge is 0.271 e. The highest BCUT2D eigenvalue weighted by Crippen LogP contribution is 2.32. The molecule has 7 heteroatoms. The standard InChI is InChI=1S/C17H20N2O3S2/c1-3-13-4-6-15(7-5-13)18-24(21,22)17-10-14-11-19(12(2)20)9-8-16(14)23-17/h4-7,10,18H,3,8-9,11H2,1-2H3. The molecule has 0 aliphatic carbocycles. The molecule has 3 rings (SSSR count).